The van der Waals surface area contributed by atoms with Crippen molar-refractivity contribution in [2.75, 3.05) is 13.1 Å². The highest BCUT2D eigenvalue weighted by Crippen LogP contribution is 2.15. The monoisotopic (exact) mass is 322 g/mol. The third-order valence-electron chi connectivity index (χ3n) is 3.38. The Balaban J connectivity index is 1.83. The SMILES string of the molecule is CC(C)Cn1cncc1C(=O)NC1CN(C(=O)OC(C)(C)C)C1. The maximum atomic E-state index is 12.3. The molecule has 0 spiro atoms. The van der Waals surface area contributed by atoms with Gasteiger partial charge in [-0.25, -0.2) is 9.78 Å². The van der Waals surface area contributed by atoms with Crippen molar-refractivity contribution < 1.29 is 14.3 Å². The predicted octanol–water partition coefficient (Wildman–Crippen LogP) is 1.89. The summed E-state index contributed by atoms with van der Waals surface area (Å²) >= 11 is 0. The van der Waals surface area contributed by atoms with Crippen LogP contribution in [0.2, 0.25) is 0 Å². The molecule has 0 aliphatic carbocycles. The lowest BCUT2D eigenvalue weighted by molar-refractivity contribution is 0.00528. The van der Waals surface area contributed by atoms with Crippen LogP contribution in [0, 0.1) is 5.92 Å². The first-order chi connectivity index (χ1) is 10.7. The number of amides is 2. The van der Waals surface area contributed by atoms with Gasteiger partial charge in [-0.3, -0.25) is 4.79 Å². The molecule has 128 valence electrons. The van der Waals surface area contributed by atoms with Crippen molar-refractivity contribution in [1.82, 2.24) is 19.8 Å². The lowest BCUT2D eigenvalue weighted by Gasteiger charge is -2.39. The smallest absolute Gasteiger partial charge is 0.410 e. The van der Waals surface area contributed by atoms with Gasteiger partial charge in [0.15, 0.2) is 0 Å². The second-order valence-electron chi connectivity index (χ2n) is 7.38. The summed E-state index contributed by atoms with van der Waals surface area (Å²) < 4.78 is 7.14. The van der Waals surface area contributed by atoms with Crippen LogP contribution in [0.3, 0.4) is 0 Å². The number of ether oxygens (including phenoxy) is 1. The van der Waals surface area contributed by atoms with Gasteiger partial charge in [-0.05, 0) is 26.7 Å². The Morgan fingerprint density at radius 1 is 1.39 bits per heavy atom. The quantitative estimate of drug-likeness (QED) is 0.918. The van der Waals surface area contributed by atoms with Gasteiger partial charge in [0.25, 0.3) is 5.91 Å². The molecule has 1 N–H and O–H groups in total. The molecule has 2 rings (SSSR count). The van der Waals surface area contributed by atoms with Gasteiger partial charge >= 0.3 is 6.09 Å². The number of nitrogens with zero attached hydrogens (tertiary/aromatic N) is 3. The molecule has 7 heteroatoms. The van der Waals surface area contributed by atoms with Crippen molar-refractivity contribution in [3.63, 3.8) is 0 Å². The third kappa shape index (κ3) is 4.71. The molecule has 1 saturated heterocycles. The van der Waals surface area contributed by atoms with Crippen molar-refractivity contribution >= 4 is 12.0 Å². The molecule has 0 atom stereocenters. The van der Waals surface area contributed by atoms with E-state index in [0.29, 0.717) is 24.7 Å². The van der Waals surface area contributed by atoms with E-state index in [9.17, 15) is 9.59 Å². The molecule has 0 saturated carbocycles. The number of likely N-dealkylation sites (tertiary alicyclic amines) is 1. The topological polar surface area (TPSA) is 76.5 Å². The Morgan fingerprint density at radius 3 is 2.61 bits per heavy atom. The average Bonchev–Trinajstić information content (AvgIpc) is 2.77. The summed E-state index contributed by atoms with van der Waals surface area (Å²) in [6, 6.07) is -0.0441. The molecule has 2 amide bonds. The van der Waals surface area contributed by atoms with Crippen LogP contribution >= 0.6 is 0 Å². The van der Waals surface area contributed by atoms with Crippen molar-refractivity contribution in [2.24, 2.45) is 5.92 Å². The first-order valence-electron chi connectivity index (χ1n) is 7.94. The Labute approximate surface area is 137 Å². The van der Waals surface area contributed by atoms with E-state index in [4.69, 9.17) is 4.74 Å². The summed E-state index contributed by atoms with van der Waals surface area (Å²) in [4.78, 5) is 29.8. The van der Waals surface area contributed by atoms with Gasteiger partial charge in [0.1, 0.15) is 11.3 Å². The third-order valence-corrected chi connectivity index (χ3v) is 3.38. The summed E-state index contributed by atoms with van der Waals surface area (Å²) in [6.07, 6.45) is 2.90. The molecule has 1 aliphatic rings. The highest BCUT2D eigenvalue weighted by molar-refractivity contribution is 5.92. The van der Waals surface area contributed by atoms with Crippen LogP contribution in [0.5, 0.6) is 0 Å². The van der Waals surface area contributed by atoms with Crippen LogP contribution in [-0.2, 0) is 11.3 Å². The molecule has 1 aliphatic heterocycles. The fourth-order valence-corrected chi connectivity index (χ4v) is 2.35. The van der Waals surface area contributed by atoms with Crippen LogP contribution < -0.4 is 5.32 Å². The van der Waals surface area contributed by atoms with Crippen molar-refractivity contribution in [1.29, 1.82) is 0 Å². The second-order valence-corrected chi connectivity index (χ2v) is 7.38. The van der Waals surface area contributed by atoms with Gasteiger partial charge in [0.05, 0.1) is 18.6 Å². The van der Waals surface area contributed by atoms with Gasteiger partial charge in [-0.15, -0.1) is 0 Å². The molecule has 0 aromatic carbocycles. The van der Waals surface area contributed by atoms with E-state index in [-0.39, 0.29) is 18.0 Å². The number of rotatable bonds is 4. The predicted molar refractivity (Wildman–Crippen MR) is 86.1 cm³/mol. The van der Waals surface area contributed by atoms with Gasteiger partial charge in [-0.2, -0.15) is 0 Å². The lowest BCUT2D eigenvalue weighted by atomic mass is 10.1. The van der Waals surface area contributed by atoms with Gasteiger partial charge in [0, 0.05) is 19.6 Å². The molecule has 0 bridgehead atoms. The molecule has 23 heavy (non-hydrogen) atoms. The number of hydrogen-bond donors (Lipinski definition) is 1. The summed E-state index contributed by atoms with van der Waals surface area (Å²) in [5, 5.41) is 2.93. The molecule has 1 aromatic heterocycles. The van der Waals surface area contributed by atoms with Gasteiger partial charge in [-0.1, -0.05) is 13.8 Å². The van der Waals surface area contributed by atoms with E-state index in [0.717, 1.165) is 6.54 Å². The van der Waals surface area contributed by atoms with E-state index in [2.05, 4.69) is 24.1 Å². The minimum absolute atomic E-state index is 0.0441. The highest BCUT2D eigenvalue weighted by Gasteiger charge is 2.34. The maximum absolute atomic E-state index is 12.3. The molecule has 0 radical (unpaired) electrons. The van der Waals surface area contributed by atoms with Crippen molar-refractivity contribution in [3.05, 3.63) is 18.2 Å². The van der Waals surface area contributed by atoms with Gasteiger partial charge in [0.2, 0.25) is 0 Å². The number of hydrogen-bond acceptors (Lipinski definition) is 4. The fourth-order valence-electron chi connectivity index (χ4n) is 2.35. The van der Waals surface area contributed by atoms with Crippen molar-refractivity contribution in [3.8, 4) is 0 Å². The first-order valence-corrected chi connectivity index (χ1v) is 7.94. The molecular formula is C16H26N4O3. The van der Waals surface area contributed by atoms with E-state index in [1.165, 1.54) is 0 Å². The summed E-state index contributed by atoms with van der Waals surface area (Å²) in [7, 11) is 0. The first kappa shape index (κ1) is 17.3. The normalized spacial score (nSPS) is 15.5. The van der Waals surface area contributed by atoms with E-state index >= 15 is 0 Å². The Kier molecular flexibility index (Phi) is 4.97. The summed E-state index contributed by atoms with van der Waals surface area (Å²) in [5.74, 6) is 0.277. The molecule has 1 fully saturated rings. The lowest BCUT2D eigenvalue weighted by Crippen LogP contribution is -2.61. The molecule has 2 heterocycles. The van der Waals surface area contributed by atoms with E-state index < -0.39 is 5.60 Å². The van der Waals surface area contributed by atoms with Crippen LogP contribution in [0.4, 0.5) is 4.79 Å². The number of aromatic nitrogens is 2. The van der Waals surface area contributed by atoms with E-state index in [1.807, 2.05) is 25.3 Å². The van der Waals surface area contributed by atoms with Crippen LogP contribution in [0.25, 0.3) is 0 Å². The largest absolute Gasteiger partial charge is 0.444 e. The van der Waals surface area contributed by atoms with Gasteiger partial charge < -0.3 is 19.5 Å². The molecule has 1 aromatic rings. The number of carbonyl (C=O) groups is 2. The minimum atomic E-state index is -0.505. The molecule has 0 unspecified atom stereocenters. The second kappa shape index (κ2) is 6.60. The maximum Gasteiger partial charge on any atom is 0.410 e. The van der Waals surface area contributed by atoms with E-state index in [1.54, 1.807) is 17.4 Å². The Hall–Kier alpha value is -2.05. The summed E-state index contributed by atoms with van der Waals surface area (Å²) in [6.45, 7) is 11.4. The molecular weight excluding hydrogens is 296 g/mol. The Bertz CT molecular complexity index is 568. The van der Waals surface area contributed by atoms with Crippen LogP contribution in [0.15, 0.2) is 12.5 Å². The zero-order valence-electron chi connectivity index (χ0n) is 14.5. The zero-order chi connectivity index (χ0) is 17.2. The van der Waals surface area contributed by atoms with Crippen molar-refractivity contribution in [2.45, 2.75) is 52.8 Å². The average molecular weight is 322 g/mol. The summed E-state index contributed by atoms with van der Waals surface area (Å²) in [5.41, 5.74) is 0.0452. The van der Waals surface area contributed by atoms with Crippen LogP contribution in [-0.4, -0.2) is 51.2 Å². The Morgan fingerprint density at radius 2 is 2.04 bits per heavy atom. The molecule has 7 nitrogen and oxygen atoms in total. The standard InChI is InChI=1S/C16H26N4O3/c1-11(2)7-20-10-17-6-13(20)14(21)18-12-8-19(9-12)15(22)23-16(3,4)5/h6,10-12H,7-9H2,1-5H3,(H,18,21). The highest BCUT2D eigenvalue weighted by atomic mass is 16.6. The number of imidazole rings is 1. The minimum Gasteiger partial charge on any atom is -0.444 e. The number of nitrogens with one attached hydrogen (secondary N) is 1. The number of carbonyl (C=O) groups excluding carboxylic acids is 2. The zero-order valence-corrected chi connectivity index (χ0v) is 14.5. The van der Waals surface area contributed by atoms with Crippen LogP contribution in [0.1, 0.15) is 45.1 Å². The fraction of sp³-hybridized carbons (Fsp3) is 0.688.